The lowest BCUT2D eigenvalue weighted by atomic mass is 10.1. The molecule has 0 saturated heterocycles. The maximum atomic E-state index is 12.6. The van der Waals surface area contributed by atoms with Gasteiger partial charge in [0.1, 0.15) is 11.3 Å². The lowest BCUT2D eigenvalue weighted by molar-refractivity contribution is 0.585. The highest BCUT2D eigenvalue weighted by atomic mass is 35.5. The number of halogens is 1. The normalized spacial score (nSPS) is 15.3. The molecule has 3 nitrogen and oxygen atoms in total. The van der Waals surface area contributed by atoms with Crippen LogP contribution in [0.15, 0.2) is 51.7 Å². The van der Waals surface area contributed by atoms with Crippen LogP contribution in [0.2, 0.25) is 5.02 Å². The summed E-state index contributed by atoms with van der Waals surface area (Å²) in [5.74, 6) is 0.674. The van der Waals surface area contributed by atoms with Gasteiger partial charge < -0.3 is 10.2 Å². The standard InChI is InChI=1S/C19H14ClNO2/c20-13-3-1-2-11(9-13)8-12-4-6-16-18(22)15-7-5-14(21)10-17(15)23-19(12)16/h1-3,5,7-10H,4,6,21H2. The number of anilines is 1. The molecule has 2 N–H and O–H groups in total. The molecule has 1 aliphatic rings. The summed E-state index contributed by atoms with van der Waals surface area (Å²) in [5, 5.41) is 1.27. The van der Waals surface area contributed by atoms with Crippen molar-refractivity contribution >= 4 is 39.9 Å². The molecule has 0 spiro atoms. The highest BCUT2D eigenvalue weighted by Gasteiger charge is 2.23. The molecule has 0 saturated carbocycles. The Balaban J connectivity index is 1.91. The number of hydrogen-bond donors (Lipinski definition) is 1. The van der Waals surface area contributed by atoms with Crippen LogP contribution in [0.4, 0.5) is 5.69 Å². The molecule has 1 aliphatic carbocycles. The van der Waals surface area contributed by atoms with Crippen LogP contribution in [0.1, 0.15) is 23.3 Å². The van der Waals surface area contributed by atoms with E-state index in [1.807, 2.05) is 30.3 Å². The van der Waals surface area contributed by atoms with Gasteiger partial charge in [-0.1, -0.05) is 23.7 Å². The number of rotatable bonds is 1. The SMILES string of the molecule is Nc1ccc2c(=O)c3c(oc2c1)C(=Cc1cccc(Cl)c1)CC3. The Kier molecular flexibility index (Phi) is 3.24. The second kappa shape index (κ2) is 5.28. The summed E-state index contributed by atoms with van der Waals surface area (Å²) < 4.78 is 6.00. The van der Waals surface area contributed by atoms with Gasteiger partial charge in [-0.2, -0.15) is 0 Å². The first kappa shape index (κ1) is 14.1. The average Bonchev–Trinajstić information content (AvgIpc) is 2.90. The van der Waals surface area contributed by atoms with Gasteiger partial charge in [0.25, 0.3) is 0 Å². The summed E-state index contributed by atoms with van der Waals surface area (Å²) in [6.07, 6.45) is 3.51. The fourth-order valence-electron chi connectivity index (χ4n) is 3.04. The van der Waals surface area contributed by atoms with E-state index in [0.29, 0.717) is 33.9 Å². The van der Waals surface area contributed by atoms with Crippen molar-refractivity contribution in [3.05, 3.63) is 74.6 Å². The Morgan fingerprint density at radius 3 is 2.83 bits per heavy atom. The Morgan fingerprint density at radius 2 is 2.00 bits per heavy atom. The molecule has 0 aliphatic heterocycles. The minimum absolute atomic E-state index is 0.0377. The second-order valence-corrected chi connectivity index (χ2v) is 6.16. The van der Waals surface area contributed by atoms with E-state index < -0.39 is 0 Å². The summed E-state index contributed by atoms with van der Waals surface area (Å²) in [6, 6.07) is 12.8. The molecule has 0 unspecified atom stereocenters. The molecular formula is C19H14ClNO2. The summed E-state index contributed by atoms with van der Waals surface area (Å²) in [5.41, 5.74) is 9.72. The van der Waals surface area contributed by atoms with E-state index in [4.69, 9.17) is 21.8 Å². The predicted molar refractivity (Wildman–Crippen MR) is 94.5 cm³/mol. The Morgan fingerprint density at radius 1 is 1.13 bits per heavy atom. The molecule has 4 rings (SSSR count). The molecule has 0 bridgehead atoms. The summed E-state index contributed by atoms with van der Waals surface area (Å²) in [6.45, 7) is 0. The third kappa shape index (κ3) is 2.43. The number of nitrogens with two attached hydrogens (primary N) is 1. The van der Waals surface area contributed by atoms with E-state index >= 15 is 0 Å². The molecule has 0 amide bonds. The fourth-order valence-corrected chi connectivity index (χ4v) is 3.24. The largest absolute Gasteiger partial charge is 0.456 e. The van der Waals surface area contributed by atoms with Crippen LogP contribution in [0.3, 0.4) is 0 Å². The monoisotopic (exact) mass is 323 g/mol. The first-order valence-corrected chi connectivity index (χ1v) is 7.81. The highest BCUT2D eigenvalue weighted by Crippen LogP contribution is 2.34. The van der Waals surface area contributed by atoms with Crippen LogP contribution >= 0.6 is 11.6 Å². The number of hydrogen-bond acceptors (Lipinski definition) is 3. The molecule has 4 heteroatoms. The van der Waals surface area contributed by atoms with Gasteiger partial charge in [0, 0.05) is 22.3 Å². The number of allylic oxidation sites excluding steroid dienone is 1. The quantitative estimate of drug-likeness (QED) is 0.670. The molecule has 1 heterocycles. The summed E-state index contributed by atoms with van der Waals surface area (Å²) >= 11 is 6.03. The van der Waals surface area contributed by atoms with Crippen molar-refractivity contribution in [2.75, 3.05) is 5.73 Å². The lowest BCUT2D eigenvalue weighted by Crippen LogP contribution is -2.08. The maximum absolute atomic E-state index is 12.6. The predicted octanol–water partition coefficient (Wildman–Crippen LogP) is 4.52. The molecule has 0 radical (unpaired) electrons. The van der Waals surface area contributed by atoms with Gasteiger partial charge in [0.2, 0.25) is 0 Å². The first-order valence-electron chi connectivity index (χ1n) is 7.43. The van der Waals surface area contributed by atoms with Crippen molar-refractivity contribution in [2.24, 2.45) is 0 Å². The second-order valence-electron chi connectivity index (χ2n) is 5.72. The molecule has 0 fully saturated rings. The van der Waals surface area contributed by atoms with Crippen LogP contribution in [0.25, 0.3) is 22.6 Å². The Hall–Kier alpha value is -2.52. The Labute approximate surface area is 138 Å². The van der Waals surface area contributed by atoms with E-state index in [0.717, 1.165) is 23.1 Å². The number of fused-ring (bicyclic) bond motifs is 2. The van der Waals surface area contributed by atoms with E-state index in [1.165, 1.54) is 0 Å². The van der Waals surface area contributed by atoms with Crippen molar-refractivity contribution in [2.45, 2.75) is 12.8 Å². The zero-order chi connectivity index (χ0) is 16.0. The van der Waals surface area contributed by atoms with Gasteiger partial charge in [-0.25, -0.2) is 0 Å². The van der Waals surface area contributed by atoms with Crippen molar-refractivity contribution in [1.29, 1.82) is 0 Å². The third-order valence-corrected chi connectivity index (χ3v) is 4.37. The lowest BCUT2D eigenvalue weighted by Gasteiger charge is -2.05. The van der Waals surface area contributed by atoms with Crippen molar-refractivity contribution < 1.29 is 4.42 Å². The van der Waals surface area contributed by atoms with Crippen LogP contribution in [-0.4, -0.2) is 0 Å². The molecule has 2 aromatic carbocycles. The average molecular weight is 324 g/mol. The van der Waals surface area contributed by atoms with Gasteiger partial charge in [-0.3, -0.25) is 4.79 Å². The van der Waals surface area contributed by atoms with Crippen LogP contribution < -0.4 is 11.2 Å². The number of benzene rings is 2. The minimum atomic E-state index is 0.0377. The van der Waals surface area contributed by atoms with E-state index in [2.05, 4.69) is 0 Å². The van der Waals surface area contributed by atoms with Gasteiger partial charge in [-0.05, 0) is 54.3 Å². The molecule has 23 heavy (non-hydrogen) atoms. The van der Waals surface area contributed by atoms with E-state index in [-0.39, 0.29) is 5.43 Å². The van der Waals surface area contributed by atoms with Gasteiger partial charge >= 0.3 is 0 Å². The molecule has 114 valence electrons. The smallest absolute Gasteiger partial charge is 0.196 e. The van der Waals surface area contributed by atoms with Gasteiger partial charge in [-0.15, -0.1) is 0 Å². The molecular weight excluding hydrogens is 310 g/mol. The van der Waals surface area contributed by atoms with Crippen molar-refractivity contribution in [1.82, 2.24) is 0 Å². The minimum Gasteiger partial charge on any atom is -0.456 e. The zero-order valence-electron chi connectivity index (χ0n) is 12.3. The number of nitrogen functional groups attached to an aromatic ring is 1. The highest BCUT2D eigenvalue weighted by molar-refractivity contribution is 6.30. The van der Waals surface area contributed by atoms with Crippen molar-refractivity contribution in [3.8, 4) is 0 Å². The zero-order valence-corrected chi connectivity index (χ0v) is 13.1. The Bertz CT molecular complexity index is 1020. The van der Waals surface area contributed by atoms with Gasteiger partial charge in [0.05, 0.1) is 5.39 Å². The third-order valence-electron chi connectivity index (χ3n) is 4.14. The first-order chi connectivity index (χ1) is 11.1. The summed E-state index contributed by atoms with van der Waals surface area (Å²) in [4.78, 5) is 12.6. The van der Waals surface area contributed by atoms with Crippen LogP contribution in [-0.2, 0) is 6.42 Å². The van der Waals surface area contributed by atoms with Crippen molar-refractivity contribution in [3.63, 3.8) is 0 Å². The maximum Gasteiger partial charge on any atom is 0.196 e. The van der Waals surface area contributed by atoms with Crippen LogP contribution in [0.5, 0.6) is 0 Å². The topological polar surface area (TPSA) is 56.2 Å². The van der Waals surface area contributed by atoms with E-state index in [1.54, 1.807) is 18.2 Å². The van der Waals surface area contributed by atoms with E-state index in [9.17, 15) is 4.79 Å². The van der Waals surface area contributed by atoms with Crippen LogP contribution in [0, 0.1) is 0 Å². The fraction of sp³-hybridized carbons (Fsp3) is 0.105. The molecule has 3 aromatic rings. The summed E-state index contributed by atoms with van der Waals surface area (Å²) in [7, 11) is 0. The van der Waals surface area contributed by atoms with Gasteiger partial charge in [0.15, 0.2) is 5.43 Å². The molecule has 1 aromatic heterocycles. The molecule has 0 atom stereocenters.